The van der Waals surface area contributed by atoms with Crippen molar-refractivity contribution in [2.75, 3.05) is 0 Å². The van der Waals surface area contributed by atoms with Gasteiger partial charge in [0.15, 0.2) is 5.82 Å². The van der Waals surface area contributed by atoms with Crippen LogP contribution in [-0.2, 0) is 0 Å². The molecular weight excluding hydrogens is 150 g/mol. The van der Waals surface area contributed by atoms with Crippen molar-refractivity contribution in [2.24, 2.45) is 0 Å². The lowest BCUT2D eigenvalue weighted by atomic mass is 10.4. The molecule has 1 rings (SSSR count). The number of aryl methyl sites for hydroxylation is 1. The zero-order chi connectivity index (χ0) is 6.69. The first-order valence-corrected chi connectivity index (χ1v) is 2.63. The molecule has 1 heterocycles. The summed E-state index contributed by atoms with van der Waals surface area (Å²) in [6, 6.07) is 1.80. The zero-order valence-corrected chi connectivity index (χ0v) is 6.35. The maximum absolute atomic E-state index is 6.79. The molecule has 0 atom stereocenters. The van der Waals surface area contributed by atoms with Crippen molar-refractivity contribution in [3.05, 3.63) is 23.8 Å². The largest absolute Gasteiger partial charge is 0.305 e. The lowest BCUT2D eigenvalue weighted by Crippen LogP contribution is -1.92. The highest BCUT2D eigenvalue weighted by atomic mass is 35.5. The molecular formula is C6H8ClN3. The molecule has 0 spiro atoms. The monoisotopic (exact) mass is 157 g/mol. The molecule has 4 heteroatoms. The third kappa shape index (κ3) is 2.11. The third-order valence-electron chi connectivity index (χ3n) is 0.943. The first-order valence-electron chi connectivity index (χ1n) is 2.63. The quantitative estimate of drug-likeness (QED) is 0.623. The van der Waals surface area contributed by atoms with Crippen LogP contribution in [0.25, 0.3) is 0 Å². The van der Waals surface area contributed by atoms with Gasteiger partial charge in [0.2, 0.25) is 0 Å². The van der Waals surface area contributed by atoms with Crippen molar-refractivity contribution in [1.29, 1.82) is 5.41 Å². The summed E-state index contributed by atoms with van der Waals surface area (Å²) in [5, 5.41) is 6.79. The Hall–Kier alpha value is -0.960. The number of nitrogens with zero attached hydrogens (tertiary/aromatic N) is 2. The van der Waals surface area contributed by atoms with E-state index in [9.17, 15) is 0 Å². The average Bonchev–Trinajstić information content (AvgIpc) is 1.88. The van der Waals surface area contributed by atoms with Crippen molar-refractivity contribution < 1.29 is 0 Å². The Morgan fingerprint density at radius 2 is 2.30 bits per heavy atom. The van der Waals surface area contributed by atoms with E-state index in [0.29, 0.717) is 5.82 Å². The van der Waals surface area contributed by atoms with Gasteiger partial charge in [-0.25, -0.2) is 9.97 Å². The molecule has 0 saturated heterocycles. The molecule has 0 aliphatic carbocycles. The fraction of sp³-hybridized carbons (Fsp3) is 0.167. The van der Waals surface area contributed by atoms with Crippen LogP contribution >= 0.6 is 12.4 Å². The molecule has 0 radical (unpaired) electrons. The highest BCUT2D eigenvalue weighted by molar-refractivity contribution is 5.85. The van der Waals surface area contributed by atoms with Gasteiger partial charge in [-0.3, -0.25) is 0 Å². The van der Waals surface area contributed by atoms with Crippen molar-refractivity contribution in [1.82, 2.24) is 9.97 Å². The summed E-state index contributed by atoms with van der Waals surface area (Å²) in [5.41, 5.74) is 0.892. The van der Waals surface area contributed by atoms with Crippen molar-refractivity contribution in [2.45, 2.75) is 6.92 Å². The normalized spacial score (nSPS) is 8.10. The van der Waals surface area contributed by atoms with E-state index in [1.807, 2.05) is 6.92 Å². The number of nitrogens with one attached hydrogen (secondary N) is 1. The second-order valence-corrected chi connectivity index (χ2v) is 1.70. The molecule has 3 nitrogen and oxygen atoms in total. The van der Waals surface area contributed by atoms with Gasteiger partial charge in [0.05, 0.1) is 6.21 Å². The van der Waals surface area contributed by atoms with Gasteiger partial charge >= 0.3 is 0 Å². The Labute approximate surface area is 65.4 Å². The van der Waals surface area contributed by atoms with Gasteiger partial charge in [-0.05, 0) is 13.0 Å². The van der Waals surface area contributed by atoms with Gasteiger partial charge in [-0.2, -0.15) is 0 Å². The predicted octanol–water partition coefficient (Wildman–Crippen LogP) is 1.20. The second kappa shape index (κ2) is 3.95. The van der Waals surface area contributed by atoms with Gasteiger partial charge in [0.1, 0.15) is 0 Å². The third-order valence-corrected chi connectivity index (χ3v) is 0.943. The summed E-state index contributed by atoms with van der Waals surface area (Å²) < 4.78 is 0. The van der Waals surface area contributed by atoms with E-state index >= 15 is 0 Å². The molecule has 1 aromatic heterocycles. The average molecular weight is 158 g/mol. The number of hydrogen-bond acceptors (Lipinski definition) is 3. The molecule has 0 amide bonds. The zero-order valence-electron chi connectivity index (χ0n) is 5.53. The van der Waals surface area contributed by atoms with E-state index in [0.717, 1.165) is 11.9 Å². The number of halogens is 1. The molecule has 0 bridgehead atoms. The Kier molecular flexibility index (Phi) is 3.57. The SMILES string of the molecule is Cc1ccnc(C=N)n1.Cl. The molecule has 0 fully saturated rings. The first-order chi connectivity index (χ1) is 4.33. The van der Waals surface area contributed by atoms with Crippen molar-refractivity contribution in [3.8, 4) is 0 Å². The summed E-state index contributed by atoms with van der Waals surface area (Å²) in [6.45, 7) is 1.87. The van der Waals surface area contributed by atoms with E-state index in [1.54, 1.807) is 12.3 Å². The summed E-state index contributed by atoms with van der Waals surface area (Å²) in [5.74, 6) is 0.468. The fourth-order valence-electron chi connectivity index (χ4n) is 0.538. The molecule has 54 valence electrons. The van der Waals surface area contributed by atoms with Crippen LogP contribution in [0, 0.1) is 12.3 Å². The molecule has 1 N–H and O–H groups in total. The van der Waals surface area contributed by atoms with Crippen LogP contribution in [-0.4, -0.2) is 16.2 Å². The Morgan fingerprint density at radius 1 is 1.60 bits per heavy atom. The topological polar surface area (TPSA) is 49.6 Å². The molecule has 1 aromatic rings. The van der Waals surface area contributed by atoms with Crippen molar-refractivity contribution >= 4 is 18.6 Å². The van der Waals surface area contributed by atoms with E-state index in [2.05, 4.69) is 9.97 Å². The van der Waals surface area contributed by atoms with Crippen LogP contribution in [0.15, 0.2) is 12.3 Å². The Bertz CT molecular complexity index is 224. The maximum Gasteiger partial charge on any atom is 0.169 e. The van der Waals surface area contributed by atoms with Crippen LogP contribution in [0.4, 0.5) is 0 Å². The second-order valence-electron chi connectivity index (χ2n) is 1.70. The van der Waals surface area contributed by atoms with Gasteiger partial charge in [0, 0.05) is 11.9 Å². The summed E-state index contributed by atoms with van der Waals surface area (Å²) in [7, 11) is 0. The summed E-state index contributed by atoms with van der Waals surface area (Å²) >= 11 is 0. The molecule has 0 aliphatic heterocycles. The molecule has 0 unspecified atom stereocenters. The van der Waals surface area contributed by atoms with E-state index in [1.165, 1.54) is 0 Å². The Morgan fingerprint density at radius 3 is 2.70 bits per heavy atom. The molecule has 10 heavy (non-hydrogen) atoms. The fourth-order valence-corrected chi connectivity index (χ4v) is 0.538. The lowest BCUT2D eigenvalue weighted by molar-refractivity contribution is 1.08. The van der Waals surface area contributed by atoms with E-state index < -0.39 is 0 Å². The smallest absolute Gasteiger partial charge is 0.169 e. The minimum atomic E-state index is 0. The van der Waals surface area contributed by atoms with Crippen LogP contribution in [0.3, 0.4) is 0 Å². The summed E-state index contributed by atoms with van der Waals surface area (Å²) in [6.07, 6.45) is 2.77. The minimum Gasteiger partial charge on any atom is -0.305 e. The van der Waals surface area contributed by atoms with Crippen LogP contribution in [0.1, 0.15) is 11.5 Å². The van der Waals surface area contributed by atoms with Gasteiger partial charge in [-0.15, -0.1) is 12.4 Å². The van der Waals surface area contributed by atoms with E-state index in [-0.39, 0.29) is 12.4 Å². The highest BCUT2D eigenvalue weighted by Gasteiger charge is 1.87. The van der Waals surface area contributed by atoms with Crippen molar-refractivity contribution in [3.63, 3.8) is 0 Å². The molecule has 0 saturated carbocycles. The number of aromatic nitrogens is 2. The van der Waals surface area contributed by atoms with Gasteiger partial charge in [0.25, 0.3) is 0 Å². The highest BCUT2D eigenvalue weighted by Crippen LogP contribution is 1.88. The first kappa shape index (κ1) is 9.04. The maximum atomic E-state index is 6.79. The van der Waals surface area contributed by atoms with Gasteiger partial charge in [-0.1, -0.05) is 0 Å². The van der Waals surface area contributed by atoms with Crippen LogP contribution < -0.4 is 0 Å². The van der Waals surface area contributed by atoms with Crippen LogP contribution in [0.5, 0.6) is 0 Å². The van der Waals surface area contributed by atoms with Crippen LogP contribution in [0.2, 0.25) is 0 Å². The number of hydrogen-bond donors (Lipinski definition) is 1. The molecule has 0 aromatic carbocycles. The lowest BCUT2D eigenvalue weighted by Gasteiger charge is -1.89. The van der Waals surface area contributed by atoms with E-state index in [4.69, 9.17) is 5.41 Å². The number of rotatable bonds is 1. The Balaban J connectivity index is 0.000000810. The predicted molar refractivity (Wildman–Crippen MR) is 41.9 cm³/mol. The minimum absolute atomic E-state index is 0. The van der Waals surface area contributed by atoms with Gasteiger partial charge < -0.3 is 5.41 Å². The standard InChI is InChI=1S/C6H7N3.ClH/c1-5-2-3-8-6(4-7)9-5;/h2-4,7H,1H3;1H. The summed E-state index contributed by atoms with van der Waals surface area (Å²) in [4.78, 5) is 7.74. The molecule has 0 aliphatic rings.